The minimum absolute atomic E-state index is 0.0205. The van der Waals surface area contributed by atoms with Crippen LogP contribution in [-0.2, 0) is 15.9 Å². The van der Waals surface area contributed by atoms with Crippen LogP contribution in [-0.4, -0.2) is 13.2 Å². The molecule has 1 heterocycles. The first-order valence-electron chi connectivity index (χ1n) is 13.8. The molecule has 1 saturated heterocycles. The highest BCUT2D eigenvalue weighted by molar-refractivity contribution is 5.71. The molecule has 6 heteroatoms. The van der Waals surface area contributed by atoms with Crippen molar-refractivity contribution in [2.75, 3.05) is 13.2 Å². The van der Waals surface area contributed by atoms with Gasteiger partial charge in [0, 0.05) is 22.6 Å². The van der Waals surface area contributed by atoms with Crippen LogP contribution in [0.15, 0.2) is 60.7 Å². The molecule has 1 fully saturated rings. The molecular weight excluding hydrogens is 504 g/mol. The maximum Gasteiger partial charge on any atom is 0.186 e. The van der Waals surface area contributed by atoms with E-state index in [1.165, 1.54) is 12.1 Å². The van der Waals surface area contributed by atoms with E-state index in [-0.39, 0.29) is 22.6 Å². The lowest BCUT2D eigenvalue weighted by Gasteiger charge is -2.29. The summed E-state index contributed by atoms with van der Waals surface area (Å²) in [4.78, 5) is 0. The van der Waals surface area contributed by atoms with E-state index in [2.05, 4.69) is 13.0 Å². The smallest absolute Gasteiger partial charge is 0.186 e. The number of hydrogen-bond acceptors (Lipinski definition) is 2. The van der Waals surface area contributed by atoms with Crippen molar-refractivity contribution in [1.29, 1.82) is 0 Å². The van der Waals surface area contributed by atoms with E-state index in [4.69, 9.17) is 9.47 Å². The molecule has 0 N–H and O–H groups in total. The Morgan fingerprint density at radius 3 is 1.97 bits per heavy atom. The zero-order chi connectivity index (χ0) is 27.8. The van der Waals surface area contributed by atoms with Crippen LogP contribution in [0.25, 0.3) is 22.3 Å². The van der Waals surface area contributed by atoms with Crippen molar-refractivity contribution < 1.29 is 27.0 Å². The number of benzene rings is 3. The number of aryl methyl sites for hydroxylation is 1. The molecule has 2 nitrogen and oxygen atoms in total. The molecule has 39 heavy (non-hydrogen) atoms. The predicted molar refractivity (Wildman–Crippen MR) is 147 cm³/mol. The molecule has 0 radical (unpaired) electrons. The molecule has 1 aliphatic rings. The summed E-state index contributed by atoms with van der Waals surface area (Å²) in [5.41, 5.74) is 1.47. The van der Waals surface area contributed by atoms with Gasteiger partial charge >= 0.3 is 0 Å². The minimum atomic E-state index is -1.02. The first-order chi connectivity index (χ1) is 18.9. The Balaban J connectivity index is 1.46. The molecule has 0 spiro atoms. The molecule has 0 saturated carbocycles. The van der Waals surface area contributed by atoms with Gasteiger partial charge in [-0.05, 0) is 49.3 Å². The summed E-state index contributed by atoms with van der Waals surface area (Å²) in [5.74, 6) is -3.53. The molecule has 0 aromatic heterocycles. The van der Waals surface area contributed by atoms with Crippen LogP contribution in [0.3, 0.4) is 0 Å². The number of rotatable bonds is 11. The van der Waals surface area contributed by atoms with E-state index in [1.54, 1.807) is 36.4 Å². The lowest BCUT2D eigenvalue weighted by atomic mass is 9.96. The summed E-state index contributed by atoms with van der Waals surface area (Å²) < 4.78 is 71.1. The van der Waals surface area contributed by atoms with Gasteiger partial charge in [-0.25, -0.2) is 17.6 Å². The summed E-state index contributed by atoms with van der Waals surface area (Å²) in [6.07, 6.45) is 9.38. The van der Waals surface area contributed by atoms with Crippen molar-refractivity contribution in [2.24, 2.45) is 5.92 Å². The van der Waals surface area contributed by atoms with Gasteiger partial charge in [-0.15, -0.1) is 0 Å². The number of hydrogen-bond donors (Lipinski definition) is 0. The third-order valence-corrected chi connectivity index (χ3v) is 7.28. The Morgan fingerprint density at radius 2 is 1.36 bits per heavy atom. The molecule has 3 aromatic carbocycles. The molecule has 0 amide bonds. The zero-order valence-corrected chi connectivity index (χ0v) is 22.6. The number of ether oxygens (including phenoxy) is 2. The molecule has 208 valence electrons. The van der Waals surface area contributed by atoms with Gasteiger partial charge in [0.25, 0.3) is 0 Å². The van der Waals surface area contributed by atoms with Gasteiger partial charge in [0.05, 0.1) is 13.2 Å². The Bertz CT molecular complexity index is 1260. The lowest BCUT2D eigenvalue weighted by Crippen LogP contribution is -2.27. The number of halogens is 4. The maximum absolute atomic E-state index is 15.1. The fourth-order valence-electron chi connectivity index (χ4n) is 4.93. The number of unbranched alkanes of at least 4 members (excludes halogenated alkanes) is 3. The molecule has 0 unspecified atom stereocenters. The standard InChI is InChI=1S/C33H36F4O2/c1-3-5-7-9-11-25-16-17-26(30(35)29(25)34)23-12-14-24(15-13-23)27-18-19-28(32(37)31(27)36)33-38-20-22(21-39-33)10-8-6-4-2/h4,6,12-19,22,33H,3,5,7-11,20-21H2,1-2H3. The van der Waals surface area contributed by atoms with E-state index < -0.39 is 29.6 Å². The van der Waals surface area contributed by atoms with Crippen molar-refractivity contribution >= 4 is 0 Å². The van der Waals surface area contributed by atoms with Gasteiger partial charge in [0.1, 0.15) is 0 Å². The minimum Gasteiger partial charge on any atom is -0.348 e. The quantitative estimate of drug-likeness (QED) is 0.137. The molecule has 4 rings (SSSR count). The summed E-state index contributed by atoms with van der Waals surface area (Å²) in [5, 5.41) is 0. The van der Waals surface area contributed by atoms with Gasteiger partial charge < -0.3 is 9.47 Å². The Hall–Kier alpha value is -2.96. The van der Waals surface area contributed by atoms with Crippen LogP contribution in [0.5, 0.6) is 0 Å². The third-order valence-electron chi connectivity index (χ3n) is 7.28. The van der Waals surface area contributed by atoms with Gasteiger partial charge in [0.15, 0.2) is 29.6 Å². The lowest BCUT2D eigenvalue weighted by molar-refractivity contribution is -0.207. The fraction of sp³-hybridized carbons (Fsp3) is 0.394. The third kappa shape index (κ3) is 6.98. The highest BCUT2D eigenvalue weighted by Crippen LogP contribution is 2.35. The summed E-state index contributed by atoms with van der Waals surface area (Å²) in [6, 6.07) is 12.5. The molecule has 1 aliphatic heterocycles. The SMILES string of the molecule is CC=CCCC1COC(c2ccc(-c3ccc(-c4ccc(CCCCCC)c(F)c4F)cc3)c(F)c2F)OC1. The molecule has 0 atom stereocenters. The van der Waals surface area contributed by atoms with Gasteiger partial charge in [-0.2, -0.15) is 0 Å². The normalized spacial score (nSPS) is 17.7. The van der Waals surface area contributed by atoms with Gasteiger partial charge in [-0.3, -0.25) is 0 Å². The first-order valence-corrected chi connectivity index (χ1v) is 13.8. The van der Waals surface area contributed by atoms with Gasteiger partial charge in [-0.1, -0.05) is 86.9 Å². The largest absolute Gasteiger partial charge is 0.348 e. The van der Waals surface area contributed by atoms with E-state index in [0.717, 1.165) is 38.5 Å². The van der Waals surface area contributed by atoms with E-state index in [9.17, 15) is 8.78 Å². The summed E-state index contributed by atoms with van der Waals surface area (Å²) in [7, 11) is 0. The van der Waals surface area contributed by atoms with Crippen molar-refractivity contribution in [2.45, 2.75) is 65.1 Å². The maximum atomic E-state index is 15.1. The average molecular weight is 541 g/mol. The van der Waals surface area contributed by atoms with Gasteiger partial charge in [0.2, 0.25) is 0 Å². The Kier molecular flexibility index (Phi) is 10.4. The highest BCUT2D eigenvalue weighted by Gasteiger charge is 2.28. The predicted octanol–water partition coefficient (Wildman–Crippen LogP) is 9.72. The van der Waals surface area contributed by atoms with Crippen molar-refractivity contribution in [3.63, 3.8) is 0 Å². The molecular formula is C33H36F4O2. The molecule has 3 aromatic rings. The van der Waals surface area contributed by atoms with E-state index in [1.807, 2.05) is 13.0 Å². The Morgan fingerprint density at radius 1 is 0.744 bits per heavy atom. The Labute approximate surface area is 228 Å². The van der Waals surface area contributed by atoms with Crippen LogP contribution in [0.2, 0.25) is 0 Å². The molecule has 0 bridgehead atoms. The van der Waals surface area contributed by atoms with Crippen LogP contribution >= 0.6 is 0 Å². The van der Waals surface area contributed by atoms with E-state index in [0.29, 0.717) is 36.3 Å². The first kappa shape index (κ1) is 29.0. The van der Waals surface area contributed by atoms with Crippen LogP contribution in [0, 0.1) is 29.2 Å². The topological polar surface area (TPSA) is 18.5 Å². The second kappa shape index (κ2) is 13.9. The van der Waals surface area contributed by atoms with Crippen LogP contribution in [0.4, 0.5) is 17.6 Å². The second-order valence-corrected chi connectivity index (χ2v) is 10.1. The molecule has 0 aliphatic carbocycles. The zero-order valence-electron chi connectivity index (χ0n) is 22.6. The van der Waals surface area contributed by atoms with Crippen molar-refractivity contribution in [1.82, 2.24) is 0 Å². The van der Waals surface area contributed by atoms with Crippen molar-refractivity contribution in [3.05, 3.63) is 95.1 Å². The van der Waals surface area contributed by atoms with Crippen LogP contribution in [0.1, 0.15) is 69.8 Å². The summed E-state index contributed by atoms with van der Waals surface area (Å²) in [6.45, 7) is 4.91. The second-order valence-electron chi connectivity index (χ2n) is 10.1. The fourth-order valence-corrected chi connectivity index (χ4v) is 4.93. The number of allylic oxidation sites excluding steroid dienone is 2. The monoisotopic (exact) mass is 540 g/mol. The van der Waals surface area contributed by atoms with E-state index >= 15 is 8.78 Å². The highest BCUT2D eigenvalue weighted by atomic mass is 19.2. The van der Waals surface area contributed by atoms with Crippen LogP contribution < -0.4 is 0 Å². The summed E-state index contributed by atoms with van der Waals surface area (Å²) >= 11 is 0. The van der Waals surface area contributed by atoms with Crippen molar-refractivity contribution in [3.8, 4) is 22.3 Å². The average Bonchev–Trinajstić information content (AvgIpc) is 2.96.